The van der Waals surface area contributed by atoms with Gasteiger partial charge in [0.25, 0.3) is 0 Å². The van der Waals surface area contributed by atoms with Crippen molar-refractivity contribution in [2.24, 2.45) is 0 Å². The third kappa shape index (κ3) is 3.83. The Morgan fingerprint density at radius 3 is 2.58 bits per heavy atom. The van der Waals surface area contributed by atoms with E-state index in [0.29, 0.717) is 24.5 Å². The Balaban J connectivity index is 1.70. The van der Waals surface area contributed by atoms with Crippen molar-refractivity contribution in [2.75, 3.05) is 12.4 Å². The quantitative estimate of drug-likeness (QED) is 0.436. The maximum atomic E-state index is 12.4. The average Bonchev–Trinajstić information content (AvgIpc) is 3.25. The van der Waals surface area contributed by atoms with Gasteiger partial charge in [-0.1, -0.05) is 11.8 Å². The smallest absolute Gasteiger partial charge is 0.191 e. The zero-order chi connectivity index (χ0) is 18.5. The van der Waals surface area contributed by atoms with Crippen LogP contribution in [-0.4, -0.2) is 32.9 Å². The van der Waals surface area contributed by atoms with Crippen LogP contribution >= 0.6 is 11.8 Å². The number of nitrogens with zero attached hydrogens (tertiary/aromatic N) is 3. The summed E-state index contributed by atoms with van der Waals surface area (Å²) in [6.45, 7) is 7.17. The minimum absolute atomic E-state index is 0.0461. The number of aryl methyl sites for hydroxylation is 1. The van der Waals surface area contributed by atoms with E-state index in [-0.39, 0.29) is 5.78 Å². The molecule has 6 nitrogen and oxygen atoms in total. The summed E-state index contributed by atoms with van der Waals surface area (Å²) in [7, 11) is 0. The molecule has 0 saturated heterocycles. The molecule has 0 N–H and O–H groups in total. The van der Waals surface area contributed by atoms with Crippen LogP contribution in [0.1, 0.15) is 30.0 Å². The summed E-state index contributed by atoms with van der Waals surface area (Å²) in [5.41, 5.74) is 1.58. The van der Waals surface area contributed by atoms with Gasteiger partial charge in [0.2, 0.25) is 0 Å². The third-order valence-electron chi connectivity index (χ3n) is 3.95. The van der Waals surface area contributed by atoms with E-state index in [2.05, 4.69) is 10.2 Å². The molecule has 0 aliphatic heterocycles. The van der Waals surface area contributed by atoms with E-state index in [1.165, 1.54) is 11.8 Å². The van der Waals surface area contributed by atoms with Gasteiger partial charge in [0.1, 0.15) is 11.5 Å². The topological polar surface area (TPSA) is 70.2 Å². The SMILES string of the molecule is CCOc1ccc(C(=O)CSc2nnc(-c3ccoc3C)n2CC)cc1. The Kier molecular flexibility index (Phi) is 5.78. The second-order valence-electron chi connectivity index (χ2n) is 5.61. The first-order valence-electron chi connectivity index (χ1n) is 8.50. The lowest BCUT2D eigenvalue weighted by Crippen LogP contribution is -2.05. The highest BCUT2D eigenvalue weighted by Gasteiger charge is 2.17. The zero-order valence-corrected chi connectivity index (χ0v) is 15.9. The van der Waals surface area contributed by atoms with Gasteiger partial charge in [0, 0.05) is 12.1 Å². The Morgan fingerprint density at radius 1 is 1.19 bits per heavy atom. The van der Waals surface area contributed by atoms with Crippen LogP contribution in [0.2, 0.25) is 0 Å². The molecule has 0 spiro atoms. The van der Waals surface area contributed by atoms with Gasteiger partial charge in [-0.3, -0.25) is 4.79 Å². The Labute approximate surface area is 156 Å². The molecule has 26 heavy (non-hydrogen) atoms. The molecule has 0 saturated carbocycles. The van der Waals surface area contributed by atoms with Crippen molar-refractivity contribution in [3.8, 4) is 17.1 Å². The molecule has 3 aromatic rings. The largest absolute Gasteiger partial charge is 0.494 e. The Morgan fingerprint density at radius 2 is 1.96 bits per heavy atom. The second-order valence-corrected chi connectivity index (χ2v) is 6.55. The van der Waals surface area contributed by atoms with Crippen molar-refractivity contribution in [1.82, 2.24) is 14.8 Å². The Hall–Kier alpha value is -2.54. The van der Waals surface area contributed by atoms with Crippen LogP contribution in [0.15, 0.2) is 46.2 Å². The van der Waals surface area contributed by atoms with Crippen molar-refractivity contribution < 1.29 is 13.9 Å². The first kappa shape index (κ1) is 18.3. The van der Waals surface area contributed by atoms with Crippen molar-refractivity contribution in [2.45, 2.75) is 32.5 Å². The number of furan rings is 1. The summed E-state index contributed by atoms with van der Waals surface area (Å²) >= 11 is 1.39. The van der Waals surface area contributed by atoms with Crippen LogP contribution in [0.3, 0.4) is 0 Å². The fraction of sp³-hybridized carbons (Fsp3) is 0.316. The molecular weight excluding hydrogens is 350 g/mol. The lowest BCUT2D eigenvalue weighted by atomic mass is 10.1. The number of hydrogen-bond donors (Lipinski definition) is 0. The van der Waals surface area contributed by atoms with Gasteiger partial charge in [-0.25, -0.2) is 0 Å². The fourth-order valence-corrected chi connectivity index (χ4v) is 3.51. The summed E-state index contributed by atoms with van der Waals surface area (Å²) in [5, 5.41) is 9.25. The highest BCUT2D eigenvalue weighted by Crippen LogP contribution is 2.27. The molecule has 0 amide bonds. The first-order chi connectivity index (χ1) is 12.6. The lowest BCUT2D eigenvalue weighted by molar-refractivity contribution is 0.102. The van der Waals surface area contributed by atoms with E-state index < -0.39 is 0 Å². The number of Topliss-reactive ketones (excluding diaryl/α,β-unsaturated/α-hetero) is 1. The van der Waals surface area contributed by atoms with Crippen LogP contribution in [0.4, 0.5) is 0 Å². The standard InChI is InChI=1S/C19H21N3O3S/c1-4-22-18(16-10-11-25-13(16)3)20-21-19(22)26-12-17(23)14-6-8-15(9-7-14)24-5-2/h6-11H,4-5,12H2,1-3H3. The third-order valence-corrected chi connectivity index (χ3v) is 4.92. The molecule has 2 aromatic heterocycles. The molecule has 0 aliphatic carbocycles. The van der Waals surface area contributed by atoms with E-state index in [0.717, 1.165) is 28.1 Å². The van der Waals surface area contributed by atoms with Gasteiger partial charge < -0.3 is 13.7 Å². The molecule has 0 atom stereocenters. The molecule has 0 unspecified atom stereocenters. The zero-order valence-electron chi connectivity index (χ0n) is 15.1. The van der Waals surface area contributed by atoms with Crippen LogP contribution in [-0.2, 0) is 6.54 Å². The number of rotatable bonds is 8. The molecule has 2 heterocycles. The van der Waals surface area contributed by atoms with Gasteiger partial charge in [0.05, 0.1) is 24.2 Å². The summed E-state index contributed by atoms with van der Waals surface area (Å²) in [4.78, 5) is 12.4. The Bertz CT molecular complexity index is 884. The molecule has 7 heteroatoms. The summed E-state index contributed by atoms with van der Waals surface area (Å²) in [6, 6.07) is 9.09. The summed E-state index contributed by atoms with van der Waals surface area (Å²) in [5.74, 6) is 2.67. The first-order valence-corrected chi connectivity index (χ1v) is 9.49. The van der Waals surface area contributed by atoms with Crippen molar-refractivity contribution in [3.63, 3.8) is 0 Å². The van der Waals surface area contributed by atoms with Gasteiger partial charge in [-0.15, -0.1) is 10.2 Å². The summed E-state index contributed by atoms with van der Waals surface area (Å²) < 4.78 is 12.8. The number of thioether (sulfide) groups is 1. The molecule has 0 fully saturated rings. The molecular formula is C19H21N3O3S. The van der Waals surface area contributed by atoms with Crippen LogP contribution < -0.4 is 4.74 Å². The van der Waals surface area contributed by atoms with E-state index in [9.17, 15) is 4.79 Å². The van der Waals surface area contributed by atoms with Gasteiger partial charge >= 0.3 is 0 Å². The van der Waals surface area contributed by atoms with Crippen molar-refractivity contribution in [1.29, 1.82) is 0 Å². The minimum Gasteiger partial charge on any atom is -0.494 e. The molecule has 3 rings (SSSR count). The average molecular weight is 371 g/mol. The predicted molar refractivity (Wildman–Crippen MR) is 101 cm³/mol. The number of carbonyl (C=O) groups excluding carboxylic acids is 1. The van der Waals surface area contributed by atoms with E-state index in [4.69, 9.17) is 9.15 Å². The molecule has 0 bridgehead atoms. The maximum Gasteiger partial charge on any atom is 0.191 e. The second kappa shape index (κ2) is 8.23. The molecule has 0 radical (unpaired) electrons. The van der Waals surface area contributed by atoms with Crippen LogP contribution in [0.25, 0.3) is 11.4 Å². The van der Waals surface area contributed by atoms with E-state index >= 15 is 0 Å². The fourth-order valence-electron chi connectivity index (χ4n) is 2.61. The van der Waals surface area contributed by atoms with E-state index in [1.807, 2.05) is 43.5 Å². The van der Waals surface area contributed by atoms with Crippen molar-refractivity contribution in [3.05, 3.63) is 47.9 Å². The molecule has 136 valence electrons. The van der Waals surface area contributed by atoms with Gasteiger partial charge in [-0.2, -0.15) is 0 Å². The number of aromatic nitrogens is 3. The summed E-state index contributed by atoms with van der Waals surface area (Å²) in [6.07, 6.45) is 1.64. The van der Waals surface area contributed by atoms with Gasteiger partial charge in [-0.05, 0) is 51.1 Å². The van der Waals surface area contributed by atoms with E-state index in [1.54, 1.807) is 18.4 Å². The predicted octanol–water partition coefficient (Wildman–Crippen LogP) is 4.24. The number of benzene rings is 1. The highest BCUT2D eigenvalue weighted by atomic mass is 32.2. The van der Waals surface area contributed by atoms with Crippen LogP contribution in [0.5, 0.6) is 5.75 Å². The lowest BCUT2D eigenvalue weighted by Gasteiger charge is -2.07. The molecule has 0 aliphatic rings. The molecule has 1 aromatic carbocycles. The van der Waals surface area contributed by atoms with Crippen LogP contribution in [0, 0.1) is 6.92 Å². The monoisotopic (exact) mass is 371 g/mol. The number of hydrogen-bond acceptors (Lipinski definition) is 6. The van der Waals surface area contributed by atoms with Crippen molar-refractivity contribution >= 4 is 17.5 Å². The maximum absolute atomic E-state index is 12.4. The normalized spacial score (nSPS) is 10.9. The minimum atomic E-state index is 0.0461. The number of carbonyl (C=O) groups is 1. The number of ether oxygens (including phenoxy) is 1. The van der Waals surface area contributed by atoms with Gasteiger partial charge in [0.15, 0.2) is 16.8 Å². The highest BCUT2D eigenvalue weighted by molar-refractivity contribution is 7.99. The number of ketones is 1.